The van der Waals surface area contributed by atoms with Crippen LogP contribution in [0.2, 0.25) is 0 Å². The average Bonchev–Trinajstić information content (AvgIpc) is 3.15. The number of aromatic nitrogens is 1. The molecule has 1 saturated carbocycles. The summed E-state index contributed by atoms with van der Waals surface area (Å²) in [6.45, 7) is 3.71. The Labute approximate surface area is 121 Å². The maximum atomic E-state index is 11.9. The first-order chi connectivity index (χ1) is 9.13. The van der Waals surface area contributed by atoms with Crippen LogP contribution in [0.1, 0.15) is 25.0 Å². The van der Waals surface area contributed by atoms with Crippen molar-refractivity contribution in [2.75, 3.05) is 18.4 Å². The third kappa shape index (κ3) is 2.91. The summed E-state index contributed by atoms with van der Waals surface area (Å²) in [5, 5.41) is 3.34. The highest BCUT2D eigenvalue weighted by molar-refractivity contribution is 9.10. The predicted molar refractivity (Wildman–Crippen MR) is 78.0 cm³/mol. The Kier molecular flexibility index (Phi) is 3.48. The monoisotopic (exact) mass is 323 g/mol. The number of rotatable bonds is 4. The fourth-order valence-corrected chi connectivity index (χ4v) is 2.80. The molecule has 0 aromatic carbocycles. The zero-order chi connectivity index (χ0) is 13.4. The van der Waals surface area contributed by atoms with Crippen molar-refractivity contribution in [3.8, 4) is 0 Å². The van der Waals surface area contributed by atoms with Crippen LogP contribution in [0.15, 0.2) is 16.6 Å². The van der Waals surface area contributed by atoms with E-state index < -0.39 is 0 Å². The second-order valence-corrected chi connectivity index (χ2v) is 6.35. The molecule has 1 aromatic heterocycles. The summed E-state index contributed by atoms with van der Waals surface area (Å²) in [6, 6.07) is 4.51. The summed E-state index contributed by atoms with van der Waals surface area (Å²) in [5.41, 5.74) is 0.979. The van der Waals surface area contributed by atoms with Crippen LogP contribution in [-0.4, -0.2) is 34.9 Å². The zero-order valence-electron chi connectivity index (χ0n) is 11.0. The van der Waals surface area contributed by atoms with Crippen molar-refractivity contribution < 1.29 is 4.79 Å². The smallest absolute Gasteiger partial charge is 0.223 e. The molecule has 2 heterocycles. The number of carbonyl (C=O) groups excluding carboxylic acids is 1. The maximum Gasteiger partial charge on any atom is 0.223 e. The Hall–Kier alpha value is -1.10. The van der Waals surface area contributed by atoms with Crippen LogP contribution in [0.3, 0.4) is 0 Å². The van der Waals surface area contributed by atoms with E-state index in [9.17, 15) is 4.79 Å². The van der Waals surface area contributed by atoms with E-state index in [0.717, 1.165) is 29.1 Å². The van der Waals surface area contributed by atoms with Gasteiger partial charge in [0.2, 0.25) is 5.91 Å². The van der Waals surface area contributed by atoms with E-state index in [2.05, 4.69) is 31.1 Å². The quantitative estimate of drug-likeness (QED) is 0.926. The third-order valence-corrected chi connectivity index (χ3v) is 4.66. The average molecular weight is 324 g/mol. The number of nitrogens with one attached hydrogen (secondary N) is 1. The SMILES string of the molecule is Cc1nc(NCC2CC(=O)N(C3CC3)C2)ccc1Br. The first-order valence-corrected chi connectivity index (χ1v) is 7.59. The van der Waals surface area contributed by atoms with Crippen LogP contribution in [0.4, 0.5) is 5.82 Å². The van der Waals surface area contributed by atoms with E-state index in [1.54, 1.807) is 0 Å². The molecule has 5 heteroatoms. The van der Waals surface area contributed by atoms with E-state index in [4.69, 9.17) is 0 Å². The Bertz CT molecular complexity index is 501. The molecule has 1 unspecified atom stereocenters. The number of likely N-dealkylation sites (tertiary alicyclic amines) is 1. The second-order valence-electron chi connectivity index (χ2n) is 5.49. The third-order valence-electron chi connectivity index (χ3n) is 3.82. The highest BCUT2D eigenvalue weighted by atomic mass is 79.9. The van der Waals surface area contributed by atoms with Gasteiger partial charge in [0, 0.05) is 35.9 Å². The van der Waals surface area contributed by atoms with Gasteiger partial charge in [-0.3, -0.25) is 4.79 Å². The van der Waals surface area contributed by atoms with E-state index in [0.29, 0.717) is 24.3 Å². The Morgan fingerprint density at radius 3 is 2.95 bits per heavy atom. The van der Waals surface area contributed by atoms with Crippen molar-refractivity contribution >= 4 is 27.7 Å². The number of nitrogens with zero attached hydrogens (tertiary/aromatic N) is 2. The number of amides is 1. The standard InChI is InChI=1S/C14H18BrN3O/c1-9-12(15)4-5-13(17-9)16-7-10-6-14(19)18(8-10)11-2-3-11/h4-5,10-11H,2-3,6-8H2,1H3,(H,16,17). The van der Waals surface area contributed by atoms with Crippen LogP contribution < -0.4 is 5.32 Å². The summed E-state index contributed by atoms with van der Waals surface area (Å²) in [5.74, 6) is 1.63. The van der Waals surface area contributed by atoms with Crippen molar-refractivity contribution in [2.24, 2.45) is 5.92 Å². The number of carbonyl (C=O) groups is 1. The lowest BCUT2D eigenvalue weighted by atomic mass is 10.1. The van der Waals surface area contributed by atoms with E-state index in [-0.39, 0.29) is 0 Å². The van der Waals surface area contributed by atoms with Crippen molar-refractivity contribution in [2.45, 2.75) is 32.2 Å². The van der Waals surface area contributed by atoms with Gasteiger partial charge >= 0.3 is 0 Å². The number of halogens is 1. The topological polar surface area (TPSA) is 45.2 Å². The van der Waals surface area contributed by atoms with Crippen LogP contribution in [0.25, 0.3) is 0 Å². The van der Waals surface area contributed by atoms with E-state index in [1.807, 2.05) is 19.1 Å². The fraction of sp³-hybridized carbons (Fsp3) is 0.571. The first-order valence-electron chi connectivity index (χ1n) is 6.80. The largest absolute Gasteiger partial charge is 0.370 e. The molecule has 4 nitrogen and oxygen atoms in total. The number of aryl methyl sites for hydroxylation is 1. The highest BCUT2D eigenvalue weighted by Gasteiger charge is 2.38. The highest BCUT2D eigenvalue weighted by Crippen LogP contribution is 2.32. The molecule has 2 fully saturated rings. The Morgan fingerprint density at radius 2 is 2.26 bits per heavy atom. The molecule has 1 N–H and O–H groups in total. The fourth-order valence-electron chi connectivity index (χ4n) is 2.58. The van der Waals surface area contributed by atoms with Crippen LogP contribution >= 0.6 is 15.9 Å². The molecule has 0 radical (unpaired) electrons. The number of pyridine rings is 1. The van der Waals surface area contributed by atoms with Crippen molar-refractivity contribution in [1.82, 2.24) is 9.88 Å². The van der Waals surface area contributed by atoms with Crippen LogP contribution in [0, 0.1) is 12.8 Å². The van der Waals surface area contributed by atoms with Gasteiger partial charge in [-0.25, -0.2) is 4.98 Å². The van der Waals surface area contributed by atoms with Gasteiger partial charge in [-0.1, -0.05) is 0 Å². The molecule has 1 aliphatic heterocycles. The zero-order valence-corrected chi connectivity index (χ0v) is 12.6. The molecule has 1 saturated heterocycles. The second kappa shape index (κ2) is 5.12. The van der Waals surface area contributed by atoms with E-state index in [1.165, 1.54) is 12.8 Å². The van der Waals surface area contributed by atoms with Crippen LogP contribution in [0.5, 0.6) is 0 Å². The molecule has 2 aliphatic rings. The number of anilines is 1. The molecule has 0 spiro atoms. The van der Waals surface area contributed by atoms with Gasteiger partial charge in [-0.05, 0) is 47.8 Å². The normalized spacial score (nSPS) is 22.9. The van der Waals surface area contributed by atoms with Crippen molar-refractivity contribution in [1.29, 1.82) is 0 Å². The summed E-state index contributed by atoms with van der Waals surface area (Å²) >= 11 is 3.44. The molecule has 1 aliphatic carbocycles. The molecule has 1 atom stereocenters. The number of hydrogen-bond donors (Lipinski definition) is 1. The van der Waals surface area contributed by atoms with Gasteiger partial charge in [-0.2, -0.15) is 0 Å². The first kappa shape index (κ1) is 12.9. The summed E-state index contributed by atoms with van der Waals surface area (Å²) in [4.78, 5) is 18.4. The molecule has 3 rings (SSSR count). The minimum Gasteiger partial charge on any atom is -0.370 e. The van der Waals surface area contributed by atoms with Gasteiger partial charge < -0.3 is 10.2 Å². The Balaban J connectivity index is 1.55. The Morgan fingerprint density at radius 1 is 1.47 bits per heavy atom. The molecule has 19 heavy (non-hydrogen) atoms. The molecular formula is C14H18BrN3O. The maximum absolute atomic E-state index is 11.9. The molecule has 1 amide bonds. The summed E-state index contributed by atoms with van der Waals surface area (Å²) in [6.07, 6.45) is 3.07. The predicted octanol–water partition coefficient (Wildman–Crippen LogP) is 2.58. The summed E-state index contributed by atoms with van der Waals surface area (Å²) < 4.78 is 1.02. The minimum absolute atomic E-state index is 0.328. The van der Waals surface area contributed by atoms with Crippen molar-refractivity contribution in [3.05, 3.63) is 22.3 Å². The van der Waals surface area contributed by atoms with E-state index >= 15 is 0 Å². The summed E-state index contributed by atoms with van der Waals surface area (Å²) in [7, 11) is 0. The molecule has 0 bridgehead atoms. The van der Waals surface area contributed by atoms with Gasteiger partial charge in [0.05, 0.1) is 5.69 Å². The van der Waals surface area contributed by atoms with Crippen LogP contribution in [-0.2, 0) is 4.79 Å². The lowest BCUT2D eigenvalue weighted by Crippen LogP contribution is -2.28. The van der Waals surface area contributed by atoms with Gasteiger partial charge in [-0.15, -0.1) is 0 Å². The number of hydrogen-bond acceptors (Lipinski definition) is 3. The van der Waals surface area contributed by atoms with Crippen molar-refractivity contribution in [3.63, 3.8) is 0 Å². The lowest BCUT2D eigenvalue weighted by Gasteiger charge is -2.16. The van der Waals surface area contributed by atoms with Gasteiger partial charge in [0.15, 0.2) is 0 Å². The van der Waals surface area contributed by atoms with Gasteiger partial charge in [0.25, 0.3) is 0 Å². The lowest BCUT2D eigenvalue weighted by molar-refractivity contribution is -0.128. The van der Waals surface area contributed by atoms with Gasteiger partial charge in [0.1, 0.15) is 5.82 Å². The molecule has 102 valence electrons. The minimum atomic E-state index is 0.328. The molecular weight excluding hydrogens is 306 g/mol. The molecule has 1 aromatic rings.